The quantitative estimate of drug-likeness (QED) is 0.0195. The fourth-order valence-corrected chi connectivity index (χ4v) is 7.39. The van der Waals surface area contributed by atoms with Gasteiger partial charge in [0.25, 0.3) is 7.82 Å². The summed E-state index contributed by atoms with van der Waals surface area (Å²) in [6.07, 6.45) is 66.9. The summed E-state index contributed by atoms with van der Waals surface area (Å²) >= 11 is 0. The molecule has 2 unspecified atom stereocenters. The fraction of sp³-hybridized carbons (Fsp3) is 0.655. The molecule has 388 valence electrons. The predicted octanol–water partition coefficient (Wildman–Crippen LogP) is 15.6. The fourth-order valence-electron chi connectivity index (χ4n) is 6.66. The number of carbonyl (C=O) groups excluding carboxylic acids is 2. The van der Waals surface area contributed by atoms with Crippen LogP contribution in [0.25, 0.3) is 0 Å². The van der Waals surface area contributed by atoms with Gasteiger partial charge in [-0.05, 0) is 103 Å². The first-order chi connectivity index (χ1) is 33.0. The van der Waals surface area contributed by atoms with Gasteiger partial charge in [0.2, 0.25) is 0 Å². The van der Waals surface area contributed by atoms with E-state index in [4.69, 9.17) is 18.5 Å². The Morgan fingerprint density at radius 2 is 0.838 bits per heavy atom. The molecule has 68 heavy (non-hydrogen) atoms. The summed E-state index contributed by atoms with van der Waals surface area (Å²) in [6.45, 7) is 4.04. The summed E-state index contributed by atoms with van der Waals surface area (Å²) in [5, 5.41) is 0. The van der Waals surface area contributed by atoms with Crippen LogP contribution in [0, 0.1) is 0 Å². The number of phosphoric ester groups is 1. The normalized spacial score (nSPS) is 14.3. The molecule has 9 nitrogen and oxygen atoms in total. The van der Waals surface area contributed by atoms with Gasteiger partial charge in [-0.3, -0.25) is 14.2 Å². The highest BCUT2D eigenvalue weighted by Gasteiger charge is 2.21. The van der Waals surface area contributed by atoms with Crippen molar-refractivity contribution in [2.75, 3.05) is 47.5 Å². The number of nitrogens with zero attached hydrogens (tertiary/aromatic N) is 1. The minimum atomic E-state index is -4.65. The molecule has 0 spiro atoms. The van der Waals surface area contributed by atoms with Crippen LogP contribution < -0.4 is 4.89 Å². The lowest BCUT2D eigenvalue weighted by Gasteiger charge is -2.28. The van der Waals surface area contributed by atoms with Crippen LogP contribution in [0.5, 0.6) is 0 Å². The van der Waals surface area contributed by atoms with Gasteiger partial charge < -0.3 is 27.9 Å². The highest BCUT2D eigenvalue weighted by atomic mass is 31.2. The molecule has 0 saturated heterocycles. The molecule has 0 amide bonds. The van der Waals surface area contributed by atoms with E-state index in [9.17, 15) is 19.0 Å². The molecule has 0 heterocycles. The predicted molar refractivity (Wildman–Crippen MR) is 286 cm³/mol. The third-order valence-electron chi connectivity index (χ3n) is 10.8. The van der Waals surface area contributed by atoms with Crippen molar-refractivity contribution in [3.8, 4) is 0 Å². The topological polar surface area (TPSA) is 111 Å². The number of rotatable bonds is 47. The number of quaternary nitrogens is 1. The first-order valence-electron chi connectivity index (χ1n) is 26.6. The molecule has 2 atom stereocenters. The second-order valence-corrected chi connectivity index (χ2v) is 19.9. The minimum absolute atomic E-state index is 0.0416. The average molecular weight is 968 g/mol. The third kappa shape index (κ3) is 52.0. The number of allylic oxidation sites excluding steroid dienone is 18. The number of likely N-dealkylation sites (N-methyl/N-ethyl adjacent to an activating group) is 1. The van der Waals surface area contributed by atoms with E-state index in [2.05, 4.69) is 123 Å². The Bertz CT molecular complexity index is 1520. The van der Waals surface area contributed by atoms with Crippen molar-refractivity contribution < 1.29 is 42.1 Å². The highest BCUT2D eigenvalue weighted by molar-refractivity contribution is 7.45. The second kappa shape index (κ2) is 48.7. The van der Waals surface area contributed by atoms with Crippen LogP contribution in [0.1, 0.15) is 194 Å². The minimum Gasteiger partial charge on any atom is -0.756 e. The number of phosphoric acid groups is 1. The Hall–Kier alpha value is -3.33. The molecule has 0 bridgehead atoms. The average Bonchev–Trinajstić information content (AvgIpc) is 3.30. The Kier molecular flexibility index (Phi) is 46.3. The van der Waals surface area contributed by atoms with Gasteiger partial charge >= 0.3 is 11.9 Å². The molecule has 0 aliphatic rings. The van der Waals surface area contributed by atoms with Gasteiger partial charge in [0.15, 0.2) is 6.10 Å². The molecule has 0 aliphatic carbocycles. The van der Waals surface area contributed by atoms with E-state index >= 15 is 0 Å². The van der Waals surface area contributed by atoms with E-state index in [1.54, 1.807) is 0 Å². The molecular formula is C58H98NO8P. The zero-order valence-electron chi connectivity index (χ0n) is 43.8. The lowest BCUT2D eigenvalue weighted by molar-refractivity contribution is -0.870. The van der Waals surface area contributed by atoms with E-state index in [1.165, 1.54) is 38.5 Å². The Labute approximate surface area is 416 Å². The molecule has 0 fully saturated rings. The lowest BCUT2D eigenvalue weighted by Crippen LogP contribution is -2.37. The molecular weight excluding hydrogens is 870 g/mol. The van der Waals surface area contributed by atoms with Gasteiger partial charge in [0.05, 0.1) is 27.7 Å². The Balaban J connectivity index is 4.27. The van der Waals surface area contributed by atoms with Crippen LogP contribution in [0.15, 0.2) is 109 Å². The summed E-state index contributed by atoms with van der Waals surface area (Å²) in [4.78, 5) is 37.7. The second-order valence-electron chi connectivity index (χ2n) is 18.5. The molecule has 0 aromatic carbocycles. The molecule has 0 rings (SSSR count). The Morgan fingerprint density at radius 3 is 1.25 bits per heavy atom. The molecule has 0 radical (unpaired) electrons. The number of esters is 2. The summed E-state index contributed by atoms with van der Waals surface area (Å²) < 4.78 is 34.0. The maximum Gasteiger partial charge on any atom is 0.306 e. The number of hydrogen-bond donors (Lipinski definition) is 0. The van der Waals surface area contributed by atoms with Gasteiger partial charge in [0.1, 0.15) is 19.8 Å². The molecule has 0 saturated carbocycles. The maximum absolute atomic E-state index is 12.8. The summed E-state index contributed by atoms with van der Waals surface area (Å²) in [7, 11) is 1.13. The van der Waals surface area contributed by atoms with Crippen LogP contribution in [-0.2, 0) is 32.7 Å². The van der Waals surface area contributed by atoms with Crippen LogP contribution in [-0.4, -0.2) is 70.0 Å². The molecule has 0 aromatic heterocycles. The zero-order valence-corrected chi connectivity index (χ0v) is 44.7. The first kappa shape index (κ1) is 64.7. The van der Waals surface area contributed by atoms with Crippen LogP contribution >= 0.6 is 7.82 Å². The van der Waals surface area contributed by atoms with E-state index in [1.807, 2.05) is 21.1 Å². The van der Waals surface area contributed by atoms with Gasteiger partial charge in [-0.2, -0.15) is 0 Å². The molecule has 0 aliphatic heterocycles. The number of hydrogen-bond acceptors (Lipinski definition) is 8. The summed E-state index contributed by atoms with van der Waals surface area (Å²) in [5.41, 5.74) is 0. The van der Waals surface area contributed by atoms with E-state index in [0.717, 1.165) is 116 Å². The molecule has 10 heteroatoms. The van der Waals surface area contributed by atoms with Crippen molar-refractivity contribution in [2.24, 2.45) is 0 Å². The smallest absolute Gasteiger partial charge is 0.306 e. The van der Waals surface area contributed by atoms with Crippen LogP contribution in [0.2, 0.25) is 0 Å². The largest absolute Gasteiger partial charge is 0.756 e. The molecule has 0 N–H and O–H groups in total. The van der Waals surface area contributed by atoms with Gasteiger partial charge in [-0.25, -0.2) is 0 Å². The highest BCUT2D eigenvalue weighted by Crippen LogP contribution is 2.38. The first-order valence-corrected chi connectivity index (χ1v) is 28.1. The lowest BCUT2D eigenvalue weighted by atomic mass is 10.1. The van der Waals surface area contributed by atoms with Crippen molar-refractivity contribution in [3.63, 3.8) is 0 Å². The standard InChI is InChI=1S/C58H98NO8P/c1-6-8-10-12-14-16-18-20-22-23-24-25-26-27-28-29-30-31-32-33-34-35-37-39-41-43-45-47-49-51-58(61)67-56(55-66-68(62,63)65-53-52-59(3,4)5)54-64-57(60)50-48-46-44-42-40-38-36-21-19-17-15-13-11-9-7-2/h8,10,14-17,20-22,24-25,27-28,30-31,33-34,36,56H,6-7,9,11-13,18-19,23,26,29,32,35,37-55H2,1-5H3/b10-8-,16-14-,17-15-,22-20-,25-24-,28-27-,31-30-,34-33-,36-21-. The number of ether oxygens (including phenoxy) is 2. The van der Waals surface area contributed by atoms with Gasteiger partial charge in [0, 0.05) is 12.8 Å². The van der Waals surface area contributed by atoms with E-state index in [0.29, 0.717) is 23.9 Å². The zero-order chi connectivity index (χ0) is 49.9. The van der Waals surface area contributed by atoms with Crippen molar-refractivity contribution >= 4 is 19.8 Å². The van der Waals surface area contributed by atoms with Crippen molar-refractivity contribution in [3.05, 3.63) is 109 Å². The van der Waals surface area contributed by atoms with Crippen molar-refractivity contribution in [2.45, 2.75) is 200 Å². The monoisotopic (exact) mass is 968 g/mol. The number of unbranched alkanes of at least 4 members (excludes halogenated alkanes) is 15. The van der Waals surface area contributed by atoms with Gasteiger partial charge in [-0.15, -0.1) is 0 Å². The van der Waals surface area contributed by atoms with Crippen molar-refractivity contribution in [1.82, 2.24) is 0 Å². The van der Waals surface area contributed by atoms with Crippen LogP contribution in [0.4, 0.5) is 0 Å². The summed E-state index contributed by atoms with van der Waals surface area (Å²) in [5.74, 6) is -0.871. The Morgan fingerprint density at radius 1 is 0.471 bits per heavy atom. The van der Waals surface area contributed by atoms with E-state index in [-0.39, 0.29) is 26.1 Å². The summed E-state index contributed by atoms with van der Waals surface area (Å²) in [6, 6.07) is 0. The molecule has 0 aromatic rings. The SMILES string of the molecule is CC/C=C\C/C=C\C/C=C\C/C=C\C/C=C\C/C=C\C/C=C\CCCCCCCCCC(=O)OC(COC(=O)CCCCCCC/C=C\C/C=C\CCCCC)COP(=O)([O-])OCC[N+](C)(C)C. The van der Waals surface area contributed by atoms with E-state index < -0.39 is 32.5 Å². The number of carbonyl (C=O) groups is 2. The van der Waals surface area contributed by atoms with Crippen LogP contribution in [0.3, 0.4) is 0 Å². The van der Waals surface area contributed by atoms with Gasteiger partial charge in [-0.1, -0.05) is 187 Å². The maximum atomic E-state index is 12.8. The van der Waals surface area contributed by atoms with Crippen molar-refractivity contribution in [1.29, 1.82) is 0 Å². The third-order valence-corrected chi connectivity index (χ3v) is 11.7.